The third kappa shape index (κ3) is 4.01. The molecule has 0 aromatic carbocycles. The maximum Gasteiger partial charge on any atom is 0.0809 e. The van der Waals surface area contributed by atoms with Crippen LogP contribution in [0.15, 0.2) is 23.7 Å². The van der Waals surface area contributed by atoms with Gasteiger partial charge in [-0.1, -0.05) is 0 Å². The molecule has 20 heavy (non-hydrogen) atoms. The number of fused-ring (bicyclic) bond motifs is 1. The van der Waals surface area contributed by atoms with E-state index in [4.69, 9.17) is 0 Å². The highest BCUT2D eigenvalue weighted by molar-refractivity contribution is 7.17. The average Bonchev–Trinajstić information content (AvgIpc) is 2.90. The summed E-state index contributed by atoms with van der Waals surface area (Å²) in [6.45, 7) is 8.86. The second-order valence-electron chi connectivity index (χ2n) is 5.68. The highest BCUT2D eigenvalue weighted by Gasteiger charge is 2.07. The van der Waals surface area contributed by atoms with E-state index in [1.54, 1.807) is 11.3 Å². The first-order valence-corrected chi connectivity index (χ1v) is 8.22. The predicted molar refractivity (Wildman–Crippen MR) is 88.4 cm³/mol. The van der Waals surface area contributed by atoms with Crippen LogP contribution in [-0.2, 0) is 0 Å². The smallest absolute Gasteiger partial charge is 0.0809 e. The Balaban J connectivity index is 1.81. The number of hydrogen-bond acceptors (Lipinski definition) is 4. The minimum atomic E-state index is 0.360. The molecule has 0 aliphatic carbocycles. The van der Waals surface area contributed by atoms with E-state index < -0.39 is 0 Å². The van der Waals surface area contributed by atoms with E-state index in [0.29, 0.717) is 12.1 Å². The molecule has 110 valence electrons. The van der Waals surface area contributed by atoms with Crippen molar-refractivity contribution in [1.82, 2.24) is 15.2 Å². The molecule has 0 radical (unpaired) electrons. The van der Waals surface area contributed by atoms with Crippen molar-refractivity contribution in [2.45, 2.75) is 39.3 Å². The molecule has 1 atom stereocenters. The van der Waals surface area contributed by atoms with Crippen molar-refractivity contribution in [3.05, 3.63) is 29.3 Å². The van der Waals surface area contributed by atoms with E-state index >= 15 is 0 Å². The standard InChI is InChI=1S/C16H25N3S/c1-12(2)19(4)8-5-7-17-13(3)14-10-16-15(18-11-14)6-9-20-16/h6,9-13,17H,5,7-8H2,1-4H3. The van der Waals surface area contributed by atoms with Crippen LogP contribution in [0.5, 0.6) is 0 Å². The molecule has 0 bridgehead atoms. The number of hydrogen-bond donors (Lipinski definition) is 1. The summed E-state index contributed by atoms with van der Waals surface area (Å²) in [5.41, 5.74) is 2.38. The Morgan fingerprint density at radius 3 is 2.90 bits per heavy atom. The summed E-state index contributed by atoms with van der Waals surface area (Å²) >= 11 is 1.76. The van der Waals surface area contributed by atoms with Crippen molar-refractivity contribution in [2.75, 3.05) is 20.1 Å². The molecule has 4 heteroatoms. The highest BCUT2D eigenvalue weighted by Crippen LogP contribution is 2.22. The van der Waals surface area contributed by atoms with Crippen LogP contribution in [0.4, 0.5) is 0 Å². The molecule has 1 N–H and O–H groups in total. The zero-order chi connectivity index (χ0) is 14.5. The van der Waals surface area contributed by atoms with Crippen molar-refractivity contribution >= 4 is 21.6 Å². The maximum absolute atomic E-state index is 4.50. The zero-order valence-corrected chi connectivity index (χ0v) is 13.7. The highest BCUT2D eigenvalue weighted by atomic mass is 32.1. The molecule has 2 heterocycles. The van der Waals surface area contributed by atoms with Crippen molar-refractivity contribution in [3.8, 4) is 0 Å². The van der Waals surface area contributed by atoms with Crippen molar-refractivity contribution in [2.24, 2.45) is 0 Å². The molecule has 0 saturated carbocycles. The molecule has 2 rings (SSSR count). The predicted octanol–water partition coefficient (Wildman–Crippen LogP) is 3.68. The van der Waals surface area contributed by atoms with Crippen LogP contribution in [0.1, 0.15) is 38.8 Å². The Morgan fingerprint density at radius 1 is 1.35 bits per heavy atom. The van der Waals surface area contributed by atoms with Crippen molar-refractivity contribution in [3.63, 3.8) is 0 Å². The van der Waals surface area contributed by atoms with Gasteiger partial charge in [-0.2, -0.15) is 0 Å². The third-order valence-corrected chi connectivity index (χ3v) is 4.70. The molecule has 0 fully saturated rings. The fourth-order valence-corrected chi connectivity index (χ4v) is 2.91. The Bertz CT molecular complexity index is 535. The second-order valence-corrected chi connectivity index (χ2v) is 6.62. The lowest BCUT2D eigenvalue weighted by Gasteiger charge is -2.21. The van der Waals surface area contributed by atoms with Crippen LogP contribution >= 0.6 is 11.3 Å². The SMILES string of the molecule is CC(NCCCN(C)C(C)C)c1cnc2ccsc2c1. The van der Waals surface area contributed by atoms with Crippen molar-refractivity contribution in [1.29, 1.82) is 0 Å². The van der Waals surface area contributed by atoms with E-state index in [2.05, 4.69) is 60.5 Å². The Labute approximate surface area is 126 Å². The van der Waals surface area contributed by atoms with Gasteiger partial charge in [0.2, 0.25) is 0 Å². The fourth-order valence-electron chi connectivity index (χ4n) is 2.12. The van der Waals surface area contributed by atoms with Gasteiger partial charge in [-0.3, -0.25) is 4.98 Å². The Hall–Kier alpha value is -0.970. The first kappa shape index (κ1) is 15.4. The molecule has 2 aromatic rings. The van der Waals surface area contributed by atoms with Crippen LogP contribution in [0.2, 0.25) is 0 Å². The number of rotatable bonds is 7. The molecular weight excluding hydrogens is 266 g/mol. The largest absolute Gasteiger partial charge is 0.310 e. The summed E-state index contributed by atoms with van der Waals surface area (Å²) in [7, 11) is 2.18. The normalized spacial score (nSPS) is 13.5. The lowest BCUT2D eigenvalue weighted by Crippen LogP contribution is -2.30. The van der Waals surface area contributed by atoms with E-state index in [0.717, 1.165) is 18.6 Å². The minimum Gasteiger partial charge on any atom is -0.310 e. The van der Waals surface area contributed by atoms with Gasteiger partial charge < -0.3 is 10.2 Å². The molecular formula is C16H25N3S. The summed E-state index contributed by atoms with van der Waals surface area (Å²) < 4.78 is 1.27. The van der Waals surface area contributed by atoms with Crippen molar-refractivity contribution < 1.29 is 0 Å². The first-order chi connectivity index (χ1) is 9.58. The van der Waals surface area contributed by atoms with Crippen LogP contribution in [0.25, 0.3) is 10.2 Å². The zero-order valence-electron chi connectivity index (χ0n) is 12.9. The van der Waals surface area contributed by atoms with E-state index in [9.17, 15) is 0 Å². The lowest BCUT2D eigenvalue weighted by atomic mass is 10.1. The third-order valence-electron chi connectivity index (χ3n) is 3.84. The minimum absolute atomic E-state index is 0.360. The summed E-state index contributed by atoms with van der Waals surface area (Å²) in [6, 6.07) is 5.31. The Morgan fingerprint density at radius 2 is 2.15 bits per heavy atom. The van der Waals surface area contributed by atoms with E-state index in [-0.39, 0.29) is 0 Å². The molecule has 1 unspecified atom stereocenters. The quantitative estimate of drug-likeness (QED) is 0.789. The fraction of sp³-hybridized carbons (Fsp3) is 0.562. The summed E-state index contributed by atoms with van der Waals surface area (Å²) in [5, 5.41) is 5.69. The topological polar surface area (TPSA) is 28.2 Å². The number of nitrogens with zero attached hydrogens (tertiary/aromatic N) is 2. The second kappa shape index (κ2) is 7.16. The van der Waals surface area contributed by atoms with Crippen LogP contribution in [0.3, 0.4) is 0 Å². The van der Waals surface area contributed by atoms with Gasteiger partial charge in [-0.25, -0.2) is 0 Å². The van der Waals surface area contributed by atoms with E-state index in [1.165, 1.54) is 16.7 Å². The van der Waals surface area contributed by atoms with Gasteiger partial charge >= 0.3 is 0 Å². The van der Waals surface area contributed by atoms with E-state index in [1.807, 2.05) is 6.20 Å². The van der Waals surface area contributed by atoms with Gasteiger partial charge in [0.05, 0.1) is 10.2 Å². The lowest BCUT2D eigenvalue weighted by molar-refractivity contribution is 0.268. The van der Waals surface area contributed by atoms with Gasteiger partial charge in [-0.15, -0.1) is 11.3 Å². The molecule has 0 aliphatic heterocycles. The van der Waals surface area contributed by atoms with Gasteiger partial charge in [-0.05, 0) is 70.4 Å². The summed E-state index contributed by atoms with van der Waals surface area (Å²) in [4.78, 5) is 6.88. The maximum atomic E-state index is 4.50. The molecule has 0 amide bonds. The molecule has 2 aromatic heterocycles. The van der Waals surface area contributed by atoms with Gasteiger partial charge in [0.1, 0.15) is 0 Å². The molecule has 0 spiro atoms. The summed E-state index contributed by atoms with van der Waals surface area (Å²) in [6.07, 6.45) is 3.17. The van der Waals surface area contributed by atoms with Crippen LogP contribution in [0, 0.1) is 0 Å². The molecule has 0 aliphatic rings. The average molecular weight is 291 g/mol. The van der Waals surface area contributed by atoms with Gasteiger partial charge in [0.25, 0.3) is 0 Å². The van der Waals surface area contributed by atoms with Crippen LogP contribution in [-0.4, -0.2) is 36.1 Å². The van der Waals surface area contributed by atoms with Crippen LogP contribution < -0.4 is 5.32 Å². The number of nitrogens with one attached hydrogen (secondary N) is 1. The molecule has 3 nitrogen and oxygen atoms in total. The Kier molecular flexibility index (Phi) is 5.52. The monoisotopic (exact) mass is 291 g/mol. The number of thiophene rings is 1. The number of aromatic nitrogens is 1. The van der Waals surface area contributed by atoms with Gasteiger partial charge in [0.15, 0.2) is 0 Å². The summed E-state index contributed by atoms with van der Waals surface area (Å²) in [5.74, 6) is 0. The van der Waals surface area contributed by atoms with Gasteiger partial charge in [0, 0.05) is 18.3 Å². The first-order valence-electron chi connectivity index (χ1n) is 7.34. The number of pyridine rings is 1. The molecule has 0 saturated heterocycles.